The van der Waals surface area contributed by atoms with E-state index < -0.39 is 0 Å². The van der Waals surface area contributed by atoms with Crippen LogP contribution in [0.1, 0.15) is 52.9 Å². The van der Waals surface area contributed by atoms with Crippen molar-refractivity contribution in [2.75, 3.05) is 13.7 Å². The molecule has 0 spiro atoms. The Hall–Kier alpha value is -0.280. The van der Waals surface area contributed by atoms with Crippen LogP contribution in [0.15, 0.2) is 0 Å². The lowest BCUT2D eigenvalue weighted by molar-refractivity contribution is -0.134. The number of hydrogen-bond donors (Lipinski definition) is 1. The lowest BCUT2D eigenvalue weighted by Gasteiger charge is -2.40. The third-order valence-corrected chi connectivity index (χ3v) is 3.84. The molecular weight excluding hydrogens is 250 g/mol. The zero-order valence-corrected chi connectivity index (χ0v) is 12.8. The minimum atomic E-state index is -0.198. The number of alkyl halides is 1. The molecule has 0 aliphatic heterocycles. The van der Waals surface area contributed by atoms with E-state index in [9.17, 15) is 4.79 Å². The van der Waals surface area contributed by atoms with Crippen LogP contribution in [0.4, 0.5) is 0 Å². The molecule has 1 rings (SSSR count). The molecule has 3 nitrogen and oxygen atoms in total. The number of halogens is 1. The molecule has 1 atom stereocenters. The van der Waals surface area contributed by atoms with Crippen molar-refractivity contribution in [3.63, 3.8) is 0 Å². The van der Waals surface area contributed by atoms with Crippen molar-refractivity contribution in [3.8, 4) is 0 Å². The topological polar surface area (TPSA) is 38.3 Å². The molecule has 106 valence electrons. The second-order valence-corrected chi connectivity index (χ2v) is 7.20. The van der Waals surface area contributed by atoms with Crippen LogP contribution >= 0.6 is 11.6 Å². The van der Waals surface area contributed by atoms with Crippen LogP contribution in [0, 0.1) is 5.41 Å². The Morgan fingerprint density at radius 2 is 2.06 bits per heavy atom. The predicted molar refractivity (Wildman–Crippen MR) is 74.9 cm³/mol. The smallest absolute Gasteiger partial charge is 0.222 e. The van der Waals surface area contributed by atoms with Gasteiger partial charge in [-0.05, 0) is 31.1 Å². The molecule has 0 aromatic rings. The molecule has 18 heavy (non-hydrogen) atoms. The van der Waals surface area contributed by atoms with Crippen molar-refractivity contribution >= 4 is 17.5 Å². The summed E-state index contributed by atoms with van der Waals surface area (Å²) in [6.45, 7) is 6.99. The molecule has 4 heteroatoms. The van der Waals surface area contributed by atoms with E-state index in [0.29, 0.717) is 13.0 Å². The average molecular weight is 276 g/mol. The summed E-state index contributed by atoms with van der Waals surface area (Å²) in [6, 6.07) is 0. The Kier molecular flexibility index (Phi) is 5.47. The fraction of sp³-hybridized carbons (Fsp3) is 0.929. The highest BCUT2D eigenvalue weighted by atomic mass is 35.5. The van der Waals surface area contributed by atoms with Crippen molar-refractivity contribution in [3.05, 3.63) is 0 Å². The molecule has 1 saturated carbocycles. The lowest BCUT2D eigenvalue weighted by atomic mass is 9.77. The maximum absolute atomic E-state index is 11.8. The minimum Gasteiger partial charge on any atom is -0.378 e. The summed E-state index contributed by atoms with van der Waals surface area (Å²) < 4.78 is 5.44. The van der Waals surface area contributed by atoms with E-state index in [1.165, 1.54) is 0 Å². The molecular formula is C14H26ClNO2. The van der Waals surface area contributed by atoms with Gasteiger partial charge in [-0.25, -0.2) is 0 Å². The molecule has 0 heterocycles. The second kappa shape index (κ2) is 6.25. The van der Waals surface area contributed by atoms with Crippen LogP contribution in [0.2, 0.25) is 0 Å². The predicted octanol–water partition coefficient (Wildman–Crippen LogP) is 3.11. The highest BCUT2D eigenvalue weighted by Gasteiger charge is 2.38. The highest BCUT2D eigenvalue weighted by Crippen LogP contribution is 2.37. The number of hydrogen-bond acceptors (Lipinski definition) is 2. The Bertz CT molecular complexity index is 276. The van der Waals surface area contributed by atoms with E-state index >= 15 is 0 Å². The van der Waals surface area contributed by atoms with Gasteiger partial charge >= 0.3 is 0 Å². The van der Waals surface area contributed by atoms with Gasteiger partial charge in [-0.3, -0.25) is 4.79 Å². The minimum absolute atomic E-state index is 0.00571. The normalized spacial score (nSPS) is 20.1. The highest BCUT2D eigenvalue weighted by molar-refractivity contribution is 6.20. The fourth-order valence-corrected chi connectivity index (χ4v) is 2.88. The second-order valence-electron chi connectivity index (χ2n) is 6.58. The standard InChI is InChI=1S/C14H26ClNO2/c1-13(2,3)8-11(15)10-16-12(17)9-14(18-4)6-5-7-14/h11H,5-10H2,1-4H3,(H,16,17). The molecule has 0 aromatic heterocycles. The zero-order chi connectivity index (χ0) is 13.8. The third kappa shape index (κ3) is 5.15. The first-order valence-electron chi connectivity index (χ1n) is 6.72. The molecule has 1 amide bonds. The molecule has 1 aliphatic carbocycles. The number of carbonyl (C=O) groups excluding carboxylic acids is 1. The lowest BCUT2D eigenvalue weighted by Crippen LogP contribution is -2.44. The number of rotatable bonds is 6. The van der Waals surface area contributed by atoms with Crippen LogP contribution in [-0.4, -0.2) is 30.5 Å². The summed E-state index contributed by atoms with van der Waals surface area (Å²) >= 11 is 6.22. The maximum atomic E-state index is 11.8. The molecule has 0 saturated heterocycles. The fourth-order valence-electron chi connectivity index (χ4n) is 2.34. The van der Waals surface area contributed by atoms with Crippen LogP contribution in [0.5, 0.6) is 0 Å². The van der Waals surface area contributed by atoms with Crippen LogP contribution in [-0.2, 0) is 9.53 Å². The third-order valence-electron chi connectivity index (χ3n) is 3.54. The van der Waals surface area contributed by atoms with Gasteiger partial charge in [-0.2, -0.15) is 0 Å². The van der Waals surface area contributed by atoms with Crippen molar-refractivity contribution in [2.45, 2.75) is 63.9 Å². The first-order chi connectivity index (χ1) is 8.26. The van der Waals surface area contributed by atoms with E-state index in [1.807, 2.05) is 0 Å². The van der Waals surface area contributed by atoms with E-state index in [2.05, 4.69) is 26.1 Å². The van der Waals surface area contributed by atoms with Crippen LogP contribution in [0.25, 0.3) is 0 Å². The summed E-state index contributed by atoms with van der Waals surface area (Å²) in [5, 5.41) is 2.91. The summed E-state index contributed by atoms with van der Waals surface area (Å²) in [7, 11) is 1.69. The molecule has 0 aromatic carbocycles. The summed E-state index contributed by atoms with van der Waals surface area (Å²) in [5.41, 5.74) is -0.00517. The van der Waals surface area contributed by atoms with Gasteiger partial charge in [-0.15, -0.1) is 11.6 Å². The summed E-state index contributed by atoms with van der Waals surface area (Å²) in [5.74, 6) is 0.0520. The van der Waals surface area contributed by atoms with Crippen molar-refractivity contribution in [1.82, 2.24) is 5.32 Å². The van der Waals surface area contributed by atoms with Crippen LogP contribution in [0.3, 0.4) is 0 Å². The average Bonchev–Trinajstić information content (AvgIpc) is 2.18. The Labute approximate surface area is 116 Å². The van der Waals surface area contributed by atoms with Gasteiger partial charge in [-0.1, -0.05) is 20.8 Å². The molecule has 0 bridgehead atoms. The van der Waals surface area contributed by atoms with E-state index in [4.69, 9.17) is 16.3 Å². The summed E-state index contributed by atoms with van der Waals surface area (Å²) in [4.78, 5) is 11.8. The maximum Gasteiger partial charge on any atom is 0.222 e. The van der Waals surface area contributed by atoms with E-state index in [1.54, 1.807) is 7.11 Å². The van der Waals surface area contributed by atoms with E-state index in [0.717, 1.165) is 25.7 Å². The first-order valence-corrected chi connectivity index (χ1v) is 7.16. The van der Waals surface area contributed by atoms with E-state index in [-0.39, 0.29) is 22.3 Å². The molecule has 1 unspecified atom stereocenters. The number of amides is 1. The zero-order valence-electron chi connectivity index (χ0n) is 12.0. The molecule has 1 N–H and O–H groups in total. The van der Waals surface area contributed by atoms with Gasteiger partial charge in [0.2, 0.25) is 5.91 Å². The number of carbonyl (C=O) groups is 1. The largest absolute Gasteiger partial charge is 0.378 e. The van der Waals surface area contributed by atoms with Gasteiger partial charge < -0.3 is 10.1 Å². The van der Waals surface area contributed by atoms with Gasteiger partial charge in [0.25, 0.3) is 0 Å². The Balaban J connectivity index is 2.24. The number of methoxy groups -OCH3 is 1. The summed E-state index contributed by atoms with van der Waals surface area (Å²) in [6.07, 6.45) is 4.49. The van der Waals surface area contributed by atoms with Gasteiger partial charge in [0, 0.05) is 13.7 Å². The van der Waals surface area contributed by atoms with Gasteiger partial charge in [0.05, 0.1) is 17.4 Å². The monoisotopic (exact) mass is 275 g/mol. The van der Waals surface area contributed by atoms with Gasteiger partial charge in [0.1, 0.15) is 0 Å². The Morgan fingerprint density at radius 3 is 2.44 bits per heavy atom. The molecule has 1 fully saturated rings. The first kappa shape index (κ1) is 15.8. The van der Waals surface area contributed by atoms with Gasteiger partial charge in [0.15, 0.2) is 0 Å². The molecule has 0 radical (unpaired) electrons. The van der Waals surface area contributed by atoms with Crippen molar-refractivity contribution in [1.29, 1.82) is 0 Å². The Morgan fingerprint density at radius 1 is 1.44 bits per heavy atom. The van der Waals surface area contributed by atoms with Crippen molar-refractivity contribution in [2.24, 2.45) is 5.41 Å². The molecule has 1 aliphatic rings. The quantitative estimate of drug-likeness (QED) is 0.757. The number of ether oxygens (including phenoxy) is 1. The van der Waals surface area contributed by atoms with Crippen molar-refractivity contribution < 1.29 is 9.53 Å². The SMILES string of the molecule is COC1(CC(=O)NCC(Cl)CC(C)(C)C)CCC1. The number of nitrogens with one attached hydrogen (secondary N) is 1. The van der Waals surface area contributed by atoms with Crippen LogP contribution < -0.4 is 5.32 Å².